The highest BCUT2D eigenvalue weighted by Crippen LogP contribution is 2.18. The summed E-state index contributed by atoms with van der Waals surface area (Å²) in [5.41, 5.74) is 0. The molecule has 1 aromatic rings. The Bertz CT molecular complexity index is 402. The predicted molar refractivity (Wildman–Crippen MR) is 72.7 cm³/mol. The first kappa shape index (κ1) is 13.5. The minimum Gasteiger partial charge on any atom is -0.494 e. The average Bonchev–Trinajstić information content (AvgIpc) is 3.21. The number of rotatable bonds is 7. The lowest BCUT2D eigenvalue weighted by atomic mass is 10.3. The van der Waals surface area contributed by atoms with Gasteiger partial charge in [0.25, 0.3) is 0 Å². The molecule has 19 heavy (non-hydrogen) atoms. The van der Waals surface area contributed by atoms with Gasteiger partial charge in [0.2, 0.25) is 0 Å². The van der Waals surface area contributed by atoms with Crippen LogP contribution in [-0.2, 0) is 0 Å². The number of amides is 2. The Morgan fingerprint density at radius 2 is 1.84 bits per heavy atom. The summed E-state index contributed by atoms with van der Waals surface area (Å²) < 4.78 is 10.9. The minimum absolute atomic E-state index is 0.113. The highest BCUT2D eigenvalue weighted by molar-refractivity contribution is 5.74. The highest BCUT2D eigenvalue weighted by atomic mass is 16.5. The van der Waals surface area contributed by atoms with Crippen molar-refractivity contribution in [3.8, 4) is 11.5 Å². The first-order valence-corrected chi connectivity index (χ1v) is 6.68. The van der Waals surface area contributed by atoms with Crippen LogP contribution in [0.1, 0.15) is 19.8 Å². The van der Waals surface area contributed by atoms with Crippen molar-refractivity contribution in [2.75, 3.05) is 19.8 Å². The van der Waals surface area contributed by atoms with Gasteiger partial charge < -0.3 is 20.1 Å². The Kier molecular flexibility index (Phi) is 4.89. The van der Waals surface area contributed by atoms with Crippen molar-refractivity contribution >= 4 is 6.03 Å². The normalized spacial score (nSPS) is 13.7. The third-order valence-electron chi connectivity index (χ3n) is 2.70. The van der Waals surface area contributed by atoms with Crippen molar-refractivity contribution in [1.82, 2.24) is 10.6 Å². The summed E-state index contributed by atoms with van der Waals surface area (Å²) in [6, 6.07) is 7.72. The molecule has 0 radical (unpaired) electrons. The Morgan fingerprint density at radius 1 is 1.21 bits per heavy atom. The van der Waals surface area contributed by atoms with Gasteiger partial charge in [0, 0.05) is 6.04 Å². The van der Waals surface area contributed by atoms with E-state index < -0.39 is 0 Å². The second kappa shape index (κ2) is 6.87. The fraction of sp³-hybridized carbons (Fsp3) is 0.500. The maximum absolute atomic E-state index is 11.3. The molecule has 0 unspecified atom stereocenters. The molecule has 5 nitrogen and oxygen atoms in total. The van der Waals surface area contributed by atoms with Crippen LogP contribution < -0.4 is 20.1 Å². The van der Waals surface area contributed by atoms with Crippen LogP contribution in [0.5, 0.6) is 11.5 Å². The number of carbonyl (C=O) groups is 1. The van der Waals surface area contributed by atoms with Gasteiger partial charge >= 0.3 is 6.03 Å². The molecule has 2 N–H and O–H groups in total. The summed E-state index contributed by atoms with van der Waals surface area (Å²) in [4.78, 5) is 11.3. The molecular formula is C14H20N2O3. The predicted octanol–water partition coefficient (Wildman–Crippen LogP) is 1.93. The van der Waals surface area contributed by atoms with Crippen molar-refractivity contribution in [3.05, 3.63) is 24.3 Å². The number of urea groups is 1. The molecule has 0 aromatic heterocycles. The van der Waals surface area contributed by atoms with E-state index in [0.717, 1.165) is 24.3 Å². The topological polar surface area (TPSA) is 59.6 Å². The smallest absolute Gasteiger partial charge is 0.315 e. The zero-order valence-corrected chi connectivity index (χ0v) is 11.1. The molecule has 0 bridgehead atoms. The monoisotopic (exact) mass is 264 g/mol. The van der Waals surface area contributed by atoms with Gasteiger partial charge in [0.05, 0.1) is 13.2 Å². The van der Waals surface area contributed by atoms with Gasteiger partial charge in [0.1, 0.15) is 18.1 Å². The lowest BCUT2D eigenvalue weighted by molar-refractivity contribution is 0.236. The van der Waals surface area contributed by atoms with Crippen LogP contribution in [0.2, 0.25) is 0 Å². The van der Waals surface area contributed by atoms with Gasteiger partial charge in [0.15, 0.2) is 0 Å². The van der Waals surface area contributed by atoms with Gasteiger partial charge in [-0.2, -0.15) is 0 Å². The quantitative estimate of drug-likeness (QED) is 0.740. The van der Waals surface area contributed by atoms with E-state index in [-0.39, 0.29) is 6.03 Å². The van der Waals surface area contributed by atoms with Crippen molar-refractivity contribution in [3.63, 3.8) is 0 Å². The first-order chi connectivity index (χ1) is 9.28. The zero-order chi connectivity index (χ0) is 13.5. The molecule has 1 aliphatic carbocycles. The third-order valence-corrected chi connectivity index (χ3v) is 2.70. The molecule has 104 valence electrons. The van der Waals surface area contributed by atoms with Crippen molar-refractivity contribution in [1.29, 1.82) is 0 Å². The van der Waals surface area contributed by atoms with E-state index in [9.17, 15) is 4.79 Å². The van der Waals surface area contributed by atoms with E-state index in [1.54, 1.807) is 0 Å². The van der Waals surface area contributed by atoms with Gasteiger partial charge in [-0.05, 0) is 44.0 Å². The summed E-state index contributed by atoms with van der Waals surface area (Å²) in [6.45, 7) is 3.54. The fourth-order valence-electron chi connectivity index (χ4n) is 1.60. The van der Waals surface area contributed by atoms with E-state index in [4.69, 9.17) is 9.47 Å². The molecule has 1 aliphatic rings. The molecule has 2 rings (SSSR count). The standard InChI is InChI=1S/C14H20N2O3/c1-2-18-12-5-7-13(8-6-12)19-10-9-15-14(17)16-11-3-4-11/h5-8,11H,2-4,9-10H2,1H3,(H2,15,16,17). The van der Waals surface area contributed by atoms with Gasteiger partial charge in [-0.3, -0.25) is 0 Å². The first-order valence-electron chi connectivity index (χ1n) is 6.68. The van der Waals surface area contributed by atoms with Crippen molar-refractivity contribution in [2.45, 2.75) is 25.8 Å². The number of hydrogen-bond donors (Lipinski definition) is 2. The second-order valence-electron chi connectivity index (χ2n) is 4.43. The Hall–Kier alpha value is -1.91. The molecule has 1 saturated carbocycles. The van der Waals surface area contributed by atoms with Crippen LogP contribution in [-0.4, -0.2) is 31.8 Å². The van der Waals surface area contributed by atoms with Crippen LogP contribution in [0.15, 0.2) is 24.3 Å². The van der Waals surface area contributed by atoms with Crippen LogP contribution in [0.3, 0.4) is 0 Å². The van der Waals surface area contributed by atoms with E-state index in [1.807, 2.05) is 31.2 Å². The van der Waals surface area contributed by atoms with E-state index >= 15 is 0 Å². The third kappa shape index (κ3) is 5.07. The van der Waals surface area contributed by atoms with Crippen LogP contribution in [0, 0.1) is 0 Å². The Morgan fingerprint density at radius 3 is 2.42 bits per heavy atom. The molecule has 0 atom stereocenters. The summed E-state index contributed by atoms with van der Waals surface area (Å²) in [6.07, 6.45) is 2.19. The molecular weight excluding hydrogens is 244 g/mol. The van der Waals surface area contributed by atoms with Gasteiger partial charge in [-0.15, -0.1) is 0 Å². The highest BCUT2D eigenvalue weighted by Gasteiger charge is 2.22. The Labute approximate surface area is 113 Å². The number of ether oxygens (including phenoxy) is 2. The molecule has 2 amide bonds. The SMILES string of the molecule is CCOc1ccc(OCCNC(=O)NC2CC2)cc1. The summed E-state index contributed by atoms with van der Waals surface area (Å²) in [5.74, 6) is 1.60. The fourth-order valence-corrected chi connectivity index (χ4v) is 1.60. The number of hydrogen-bond acceptors (Lipinski definition) is 3. The maximum Gasteiger partial charge on any atom is 0.315 e. The zero-order valence-electron chi connectivity index (χ0n) is 11.1. The molecule has 0 spiro atoms. The molecule has 5 heteroatoms. The van der Waals surface area contributed by atoms with E-state index in [2.05, 4.69) is 10.6 Å². The number of benzene rings is 1. The maximum atomic E-state index is 11.3. The molecule has 1 fully saturated rings. The lowest BCUT2D eigenvalue weighted by Gasteiger charge is -2.09. The van der Waals surface area contributed by atoms with Crippen LogP contribution in [0.25, 0.3) is 0 Å². The Balaban J connectivity index is 1.60. The molecule has 0 saturated heterocycles. The lowest BCUT2D eigenvalue weighted by Crippen LogP contribution is -2.38. The molecule has 1 aromatic carbocycles. The van der Waals surface area contributed by atoms with Crippen LogP contribution in [0.4, 0.5) is 4.79 Å². The molecule has 0 aliphatic heterocycles. The van der Waals surface area contributed by atoms with Gasteiger partial charge in [-0.25, -0.2) is 4.79 Å². The van der Waals surface area contributed by atoms with Gasteiger partial charge in [-0.1, -0.05) is 0 Å². The van der Waals surface area contributed by atoms with Crippen LogP contribution >= 0.6 is 0 Å². The summed E-state index contributed by atoms with van der Waals surface area (Å²) in [7, 11) is 0. The van der Waals surface area contributed by atoms with Crippen molar-refractivity contribution < 1.29 is 14.3 Å². The summed E-state index contributed by atoms with van der Waals surface area (Å²) in [5, 5.41) is 5.61. The van der Waals surface area contributed by atoms with Crippen molar-refractivity contribution in [2.24, 2.45) is 0 Å². The minimum atomic E-state index is -0.113. The van der Waals surface area contributed by atoms with E-state index in [1.165, 1.54) is 0 Å². The largest absolute Gasteiger partial charge is 0.494 e. The second-order valence-corrected chi connectivity index (χ2v) is 4.43. The average molecular weight is 264 g/mol. The number of nitrogens with one attached hydrogen (secondary N) is 2. The number of carbonyl (C=O) groups excluding carboxylic acids is 1. The molecule has 0 heterocycles. The van der Waals surface area contributed by atoms with E-state index in [0.29, 0.717) is 25.8 Å². The summed E-state index contributed by atoms with van der Waals surface area (Å²) >= 11 is 0.